The van der Waals surface area contributed by atoms with Gasteiger partial charge in [-0.15, -0.1) is 0 Å². The lowest BCUT2D eigenvalue weighted by molar-refractivity contribution is 1.10. The van der Waals surface area contributed by atoms with E-state index in [-0.39, 0.29) is 0 Å². The molecule has 5 heteroatoms. The molecular weight excluding hydrogens is 263 g/mol. The second-order valence-electron chi connectivity index (χ2n) is 2.32. The van der Waals surface area contributed by atoms with Crippen LogP contribution >= 0.6 is 39.1 Å². The molecule has 0 unspecified atom stereocenters. The molecule has 1 heterocycles. The van der Waals surface area contributed by atoms with Crippen molar-refractivity contribution in [3.05, 3.63) is 26.8 Å². The van der Waals surface area contributed by atoms with E-state index in [1.165, 1.54) is 0 Å². The molecule has 0 aliphatic rings. The van der Waals surface area contributed by atoms with Gasteiger partial charge in [0.1, 0.15) is 4.60 Å². The molecule has 0 saturated heterocycles. The van der Waals surface area contributed by atoms with E-state index >= 15 is 0 Å². The van der Waals surface area contributed by atoms with Crippen LogP contribution in [0, 0.1) is 0 Å². The number of hydrogen-bond acceptors (Lipinski definition) is 1. The Bertz CT molecular complexity index is 438. The summed E-state index contributed by atoms with van der Waals surface area (Å²) in [6.07, 6.45) is 0. The number of nitrogens with zero attached hydrogens (tertiary/aromatic N) is 1. The molecular formula is C7H3BrCl2N2. The van der Waals surface area contributed by atoms with Gasteiger partial charge in [-0.1, -0.05) is 23.2 Å². The summed E-state index contributed by atoms with van der Waals surface area (Å²) >= 11 is 14.9. The number of H-pyrrole nitrogens is 1. The van der Waals surface area contributed by atoms with Crippen LogP contribution in [0.25, 0.3) is 10.9 Å². The minimum atomic E-state index is 0.517. The second kappa shape index (κ2) is 2.91. The maximum atomic E-state index is 5.82. The van der Waals surface area contributed by atoms with Gasteiger partial charge >= 0.3 is 0 Å². The van der Waals surface area contributed by atoms with E-state index < -0.39 is 0 Å². The van der Waals surface area contributed by atoms with Crippen LogP contribution in [0.15, 0.2) is 16.7 Å². The zero-order valence-corrected chi connectivity index (χ0v) is 8.83. The summed E-state index contributed by atoms with van der Waals surface area (Å²) in [7, 11) is 0. The maximum Gasteiger partial charge on any atom is 0.108 e. The van der Waals surface area contributed by atoms with Crippen LogP contribution in [0.5, 0.6) is 0 Å². The van der Waals surface area contributed by atoms with E-state index in [9.17, 15) is 0 Å². The summed E-state index contributed by atoms with van der Waals surface area (Å²) in [6.45, 7) is 0. The molecule has 0 atom stereocenters. The highest BCUT2D eigenvalue weighted by Crippen LogP contribution is 2.30. The Labute approximate surface area is 87.0 Å². The van der Waals surface area contributed by atoms with E-state index in [1.807, 2.05) is 0 Å². The van der Waals surface area contributed by atoms with Crippen molar-refractivity contribution in [1.29, 1.82) is 0 Å². The minimum absolute atomic E-state index is 0.517. The maximum absolute atomic E-state index is 5.82. The summed E-state index contributed by atoms with van der Waals surface area (Å²) < 4.78 is 0.816. The van der Waals surface area contributed by atoms with Gasteiger partial charge in [0.15, 0.2) is 0 Å². The summed E-state index contributed by atoms with van der Waals surface area (Å²) in [5.41, 5.74) is 0.802. The Kier molecular flexibility index (Phi) is 2.02. The molecule has 0 amide bonds. The topological polar surface area (TPSA) is 28.7 Å². The van der Waals surface area contributed by atoms with Crippen molar-refractivity contribution >= 4 is 50.0 Å². The Hall–Kier alpha value is -0.250. The van der Waals surface area contributed by atoms with Crippen LogP contribution in [0.4, 0.5) is 0 Å². The quantitative estimate of drug-likeness (QED) is 0.774. The fraction of sp³-hybridized carbons (Fsp3) is 0. The molecule has 0 aliphatic carbocycles. The largest absolute Gasteiger partial charge is 0.270 e. The average Bonchev–Trinajstić information content (AvgIpc) is 2.35. The monoisotopic (exact) mass is 264 g/mol. The smallest absolute Gasteiger partial charge is 0.108 e. The van der Waals surface area contributed by atoms with Gasteiger partial charge in [0.25, 0.3) is 0 Å². The van der Waals surface area contributed by atoms with Crippen LogP contribution in [0.2, 0.25) is 10.0 Å². The molecule has 0 bridgehead atoms. The van der Waals surface area contributed by atoms with E-state index in [4.69, 9.17) is 23.2 Å². The van der Waals surface area contributed by atoms with Crippen molar-refractivity contribution in [3.8, 4) is 0 Å². The lowest BCUT2D eigenvalue weighted by atomic mass is 10.3. The molecule has 0 radical (unpaired) electrons. The van der Waals surface area contributed by atoms with Crippen LogP contribution in [0.1, 0.15) is 0 Å². The lowest BCUT2D eigenvalue weighted by Gasteiger charge is -1.93. The zero-order valence-electron chi connectivity index (χ0n) is 5.74. The molecule has 0 aliphatic heterocycles. The predicted octanol–water partition coefficient (Wildman–Crippen LogP) is 3.63. The molecule has 1 aromatic heterocycles. The van der Waals surface area contributed by atoms with Crippen LogP contribution in [-0.4, -0.2) is 10.2 Å². The second-order valence-corrected chi connectivity index (χ2v) is 3.93. The SMILES string of the molecule is Clc1cc2n[nH]c(Br)c2cc1Cl. The number of fused-ring (bicyclic) bond motifs is 1. The summed E-state index contributed by atoms with van der Waals surface area (Å²) in [5.74, 6) is 0. The first kappa shape index (κ1) is 8.35. The van der Waals surface area contributed by atoms with E-state index in [1.54, 1.807) is 12.1 Å². The minimum Gasteiger partial charge on any atom is -0.270 e. The van der Waals surface area contributed by atoms with Gasteiger partial charge < -0.3 is 0 Å². The summed E-state index contributed by atoms with van der Waals surface area (Å²) in [6, 6.07) is 3.49. The molecule has 1 aromatic carbocycles. The normalized spacial score (nSPS) is 10.9. The van der Waals surface area contributed by atoms with Gasteiger partial charge in [-0.3, -0.25) is 5.10 Å². The standard InChI is InChI=1S/C7H3BrCl2N2/c8-7-3-1-4(9)5(10)2-6(3)11-12-7/h1-2H,(H,11,12). The molecule has 0 spiro atoms. The molecule has 2 rings (SSSR count). The third-order valence-corrected chi connectivity index (χ3v) is 2.88. The Balaban J connectivity index is 2.87. The molecule has 1 N–H and O–H groups in total. The highest BCUT2D eigenvalue weighted by molar-refractivity contribution is 9.10. The zero-order chi connectivity index (χ0) is 8.72. The lowest BCUT2D eigenvalue weighted by Crippen LogP contribution is -1.70. The number of nitrogens with one attached hydrogen (secondary N) is 1. The summed E-state index contributed by atoms with van der Waals surface area (Å²) in [4.78, 5) is 0. The first-order valence-corrected chi connectivity index (χ1v) is 4.72. The number of rotatable bonds is 0. The number of aromatic amines is 1. The third kappa shape index (κ3) is 1.22. The molecule has 62 valence electrons. The van der Waals surface area contributed by atoms with Gasteiger partial charge in [0, 0.05) is 5.39 Å². The summed E-state index contributed by atoms with van der Waals surface area (Å²) in [5, 5.41) is 8.77. The Morgan fingerprint density at radius 1 is 1.25 bits per heavy atom. The number of benzene rings is 1. The highest BCUT2D eigenvalue weighted by Gasteiger charge is 2.05. The first-order chi connectivity index (χ1) is 5.68. The van der Waals surface area contributed by atoms with Crippen molar-refractivity contribution in [1.82, 2.24) is 10.2 Å². The fourth-order valence-electron chi connectivity index (χ4n) is 0.974. The number of aromatic nitrogens is 2. The predicted molar refractivity (Wildman–Crippen MR) is 53.8 cm³/mol. The van der Waals surface area contributed by atoms with E-state index in [2.05, 4.69) is 26.1 Å². The van der Waals surface area contributed by atoms with Crippen LogP contribution < -0.4 is 0 Å². The van der Waals surface area contributed by atoms with Crippen molar-refractivity contribution < 1.29 is 0 Å². The number of hydrogen-bond donors (Lipinski definition) is 1. The van der Waals surface area contributed by atoms with Gasteiger partial charge in [-0.2, -0.15) is 5.10 Å². The third-order valence-electron chi connectivity index (χ3n) is 1.55. The first-order valence-electron chi connectivity index (χ1n) is 3.17. The Morgan fingerprint density at radius 2 is 1.92 bits per heavy atom. The van der Waals surface area contributed by atoms with Gasteiger partial charge in [0.2, 0.25) is 0 Å². The Morgan fingerprint density at radius 3 is 2.67 bits per heavy atom. The molecule has 12 heavy (non-hydrogen) atoms. The van der Waals surface area contributed by atoms with Gasteiger partial charge in [0.05, 0.1) is 15.6 Å². The van der Waals surface area contributed by atoms with Crippen molar-refractivity contribution in [2.75, 3.05) is 0 Å². The molecule has 0 fully saturated rings. The van der Waals surface area contributed by atoms with Crippen molar-refractivity contribution in [2.45, 2.75) is 0 Å². The van der Waals surface area contributed by atoms with E-state index in [0.29, 0.717) is 10.0 Å². The molecule has 2 aromatic rings. The molecule has 2 nitrogen and oxygen atoms in total. The fourth-order valence-corrected chi connectivity index (χ4v) is 1.70. The molecule has 0 saturated carbocycles. The van der Waals surface area contributed by atoms with Gasteiger partial charge in [-0.05, 0) is 28.1 Å². The number of halogens is 3. The van der Waals surface area contributed by atoms with Crippen molar-refractivity contribution in [3.63, 3.8) is 0 Å². The highest BCUT2D eigenvalue weighted by atomic mass is 79.9. The van der Waals surface area contributed by atoms with Crippen molar-refractivity contribution in [2.24, 2.45) is 0 Å². The van der Waals surface area contributed by atoms with Gasteiger partial charge in [-0.25, -0.2) is 0 Å². The van der Waals surface area contributed by atoms with Crippen LogP contribution in [0.3, 0.4) is 0 Å². The van der Waals surface area contributed by atoms with Crippen LogP contribution in [-0.2, 0) is 0 Å². The average molecular weight is 266 g/mol. The van der Waals surface area contributed by atoms with E-state index in [0.717, 1.165) is 15.5 Å².